The molecule has 180 valence electrons. The van der Waals surface area contributed by atoms with Crippen LogP contribution >= 0.6 is 0 Å². The van der Waals surface area contributed by atoms with E-state index in [4.69, 9.17) is 5.73 Å². The van der Waals surface area contributed by atoms with Gasteiger partial charge in [-0.3, -0.25) is 9.59 Å². The minimum Gasteiger partial charge on any atom is -0.354 e. The average molecular weight is 453 g/mol. The lowest BCUT2D eigenvalue weighted by Crippen LogP contribution is -2.56. The molecule has 0 bridgehead atoms. The number of rotatable bonds is 14. The number of amides is 2. The maximum atomic E-state index is 13.0. The van der Waals surface area contributed by atoms with E-state index >= 15 is 0 Å². The quantitative estimate of drug-likeness (QED) is 0.330. The summed E-state index contributed by atoms with van der Waals surface area (Å²) in [5, 5.41) is 9.08. The molecule has 6 nitrogen and oxygen atoms in total. The molecule has 0 aliphatic heterocycles. The van der Waals surface area contributed by atoms with Gasteiger partial charge in [0.05, 0.1) is 6.04 Å². The van der Waals surface area contributed by atoms with Crippen molar-refractivity contribution in [1.82, 2.24) is 16.0 Å². The number of carbonyl (C=O) groups is 2. The van der Waals surface area contributed by atoms with Crippen LogP contribution in [0.25, 0.3) is 11.1 Å². The molecule has 0 heterocycles. The van der Waals surface area contributed by atoms with Crippen molar-refractivity contribution >= 4 is 11.8 Å². The number of unbranched alkanes of at least 4 members (excludes halogenated alkanes) is 3. The van der Waals surface area contributed by atoms with E-state index < -0.39 is 12.1 Å². The van der Waals surface area contributed by atoms with E-state index in [1.165, 1.54) is 0 Å². The Bertz CT molecular complexity index is 837. The number of nitrogens with one attached hydrogen (secondary N) is 3. The lowest BCUT2D eigenvalue weighted by molar-refractivity contribution is -0.130. The number of hydrogen-bond acceptors (Lipinski definition) is 4. The van der Waals surface area contributed by atoms with Crippen LogP contribution in [0.4, 0.5) is 0 Å². The highest BCUT2D eigenvalue weighted by Gasteiger charge is 2.25. The van der Waals surface area contributed by atoms with Gasteiger partial charge in [0.25, 0.3) is 0 Å². The molecule has 0 saturated heterocycles. The van der Waals surface area contributed by atoms with Crippen LogP contribution in [-0.2, 0) is 16.0 Å². The lowest BCUT2D eigenvalue weighted by Gasteiger charge is -2.24. The first-order chi connectivity index (χ1) is 15.9. The van der Waals surface area contributed by atoms with Crippen molar-refractivity contribution in [3.05, 3.63) is 60.2 Å². The Labute approximate surface area is 198 Å². The highest BCUT2D eigenvalue weighted by atomic mass is 16.2. The molecular formula is C27H40N4O2. The molecule has 2 rings (SSSR count). The Kier molecular flexibility index (Phi) is 11.6. The highest BCUT2D eigenvalue weighted by molar-refractivity contribution is 5.90. The Morgan fingerprint density at radius 2 is 1.52 bits per heavy atom. The van der Waals surface area contributed by atoms with Crippen LogP contribution in [0, 0.1) is 0 Å². The zero-order valence-electron chi connectivity index (χ0n) is 20.3. The number of carbonyl (C=O) groups excluding carboxylic acids is 2. The van der Waals surface area contributed by atoms with E-state index in [1.807, 2.05) is 44.2 Å². The standard InChI is InChI=1S/C27H40N4O2/c1-4-5-6-10-17-29-26(32)24(31-27(33)25(19-28)30-20(2)3)18-21-13-15-23(16-14-21)22-11-8-7-9-12-22/h7-9,11-16,20,24-25,30H,4-6,10,17-19,28H2,1-3H3,(H,29,32)(H,31,33)/t24-,25+/m1/s1. The summed E-state index contributed by atoms with van der Waals surface area (Å²) >= 11 is 0. The van der Waals surface area contributed by atoms with Gasteiger partial charge in [0.15, 0.2) is 0 Å². The molecule has 0 aromatic heterocycles. The van der Waals surface area contributed by atoms with Gasteiger partial charge in [0.2, 0.25) is 11.8 Å². The molecule has 0 spiro atoms. The number of benzene rings is 2. The monoisotopic (exact) mass is 452 g/mol. The average Bonchev–Trinajstić information content (AvgIpc) is 2.82. The predicted molar refractivity (Wildman–Crippen MR) is 136 cm³/mol. The predicted octanol–water partition coefficient (Wildman–Crippen LogP) is 3.40. The molecule has 2 amide bonds. The summed E-state index contributed by atoms with van der Waals surface area (Å²) in [6.07, 6.45) is 4.74. The zero-order valence-corrected chi connectivity index (χ0v) is 20.3. The van der Waals surface area contributed by atoms with Crippen molar-refractivity contribution in [2.45, 2.75) is 71.0 Å². The molecule has 0 saturated carbocycles. The van der Waals surface area contributed by atoms with E-state index in [1.54, 1.807) is 0 Å². The van der Waals surface area contributed by atoms with Crippen molar-refractivity contribution in [3.8, 4) is 11.1 Å². The number of nitrogens with two attached hydrogens (primary N) is 1. The molecule has 0 aliphatic carbocycles. The number of hydrogen-bond donors (Lipinski definition) is 4. The normalized spacial score (nSPS) is 12.9. The van der Waals surface area contributed by atoms with Crippen molar-refractivity contribution in [1.29, 1.82) is 0 Å². The summed E-state index contributed by atoms with van der Waals surface area (Å²) in [6, 6.07) is 17.2. The molecule has 0 radical (unpaired) electrons. The van der Waals surface area contributed by atoms with Gasteiger partial charge < -0.3 is 21.7 Å². The first kappa shape index (κ1) is 26.6. The molecule has 2 aromatic carbocycles. The third-order valence-corrected chi connectivity index (χ3v) is 5.55. The molecule has 2 aromatic rings. The van der Waals surface area contributed by atoms with Crippen molar-refractivity contribution in [2.75, 3.05) is 13.1 Å². The van der Waals surface area contributed by atoms with Crippen LogP contribution in [-0.4, -0.2) is 43.0 Å². The van der Waals surface area contributed by atoms with E-state index in [9.17, 15) is 9.59 Å². The van der Waals surface area contributed by atoms with Crippen LogP contribution in [0.3, 0.4) is 0 Å². The smallest absolute Gasteiger partial charge is 0.242 e. The summed E-state index contributed by atoms with van der Waals surface area (Å²) in [6.45, 7) is 6.87. The summed E-state index contributed by atoms with van der Waals surface area (Å²) < 4.78 is 0. The maximum Gasteiger partial charge on any atom is 0.242 e. The molecular weight excluding hydrogens is 412 g/mol. The largest absolute Gasteiger partial charge is 0.354 e. The Morgan fingerprint density at radius 3 is 2.12 bits per heavy atom. The van der Waals surface area contributed by atoms with Gasteiger partial charge in [0.1, 0.15) is 6.04 Å². The first-order valence-electron chi connectivity index (χ1n) is 12.1. The van der Waals surface area contributed by atoms with Gasteiger partial charge in [-0.25, -0.2) is 0 Å². The summed E-state index contributed by atoms with van der Waals surface area (Å²) in [4.78, 5) is 25.8. The van der Waals surface area contributed by atoms with E-state index in [0.29, 0.717) is 13.0 Å². The Hall–Kier alpha value is -2.70. The second-order valence-electron chi connectivity index (χ2n) is 8.79. The summed E-state index contributed by atoms with van der Waals surface area (Å²) in [5.74, 6) is -0.412. The van der Waals surface area contributed by atoms with Gasteiger partial charge in [0, 0.05) is 25.6 Å². The van der Waals surface area contributed by atoms with Gasteiger partial charge >= 0.3 is 0 Å². The van der Waals surface area contributed by atoms with Crippen LogP contribution < -0.4 is 21.7 Å². The zero-order chi connectivity index (χ0) is 24.1. The molecule has 2 atom stereocenters. The fraction of sp³-hybridized carbons (Fsp3) is 0.481. The Balaban J connectivity index is 2.08. The first-order valence-corrected chi connectivity index (χ1v) is 12.1. The second kappa shape index (κ2) is 14.4. The topological polar surface area (TPSA) is 96.2 Å². The maximum absolute atomic E-state index is 13.0. The minimum atomic E-state index is -0.658. The molecule has 6 heteroatoms. The molecule has 0 fully saturated rings. The minimum absolute atomic E-state index is 0.112. The second-order valence-corrected chi connectivity index (χ2v) is 8.79. The summed E-state index contributed by atoms with van der Waals surface area (Å²) in [7, 11) is 0. The van der Waals surface area contributed by atoms with Crippen LogP contribution in [0.1, 0.15) is 52.0 Å². The third kappa shape index (κ3) is 9.36. The molecule has 33 heavy (non-hydrogen) atoms. The van der Waals surface area contributed by atoms with E-state index in [2.05, 4.69) is 47.1 Å². The SMILES string of the molecule is CCCCCCNC(=O)[C@@H](Cc1ccc(-c2ccccc2)cc1)NC(=O)[C@H](CN)NC(C)C. The van der Waals surface area contributed by atoms with Gasteiger partial charge in [-0.05, 0) is 23.1 Å². The van der Waals surface area contributed by atoms with E-state index in [0.717, 1.165) is 42.4 Å². The van der Waals surface area contributed by atoms with Gasteiger partial charge in [-0.1, -0.05) is 94.6 Å². The van der Waals surface area contributed by atoms with Gasteiger partial charge in [-0.2, -0.15) is 0 Å². The molecule has 5 N–H and O–H groups in total. The fourth-order valence-corrected chi connectivity index (χ4v) is 3.72. The van der Waals surface area contributed by atoms with Crippen LogP contribution in [0.15, 0.2) is 54.6 Å². The lowest BCUT2D eigenvalue weighted by atomic mass is 10.00. The van der Waals surface area contributed by atoms with Crippen LogP contribution in [0.5, 0.6) is 0 Å². The molecule has 0 aliphatic rings. The summed E-state index contributed by atoms with van der Waals surface area (Å²) in [5.41, 5.74) is 9.05. The van der Waals surface area contributed by atoms with Gasteiger partial charge in [-0.15, -0.1) is 0 Å². The van der Waals surface area contributed by atoms with Crippen molar-refractivity contribution in [2.24, 2.45) is 5.73 Å². The fourth-order valence-electron chi connectivity index (χ4n) is 3.72. The molecule has 0 unspecified atom stereocenters. The Morgan fingerprint density at radius 1 is 0.848 bits per heavy atom. The van der Waals surface area contributed by atoms with Crippen LogP contribution in [0.2, 0.25) is 0 Å². The van der Waals surface area contributed by atoms with Crippen molar-refractivity contribution in [3.63, 3.8) is 0 Å². The third-order valence-electron chi connectivity index (χ3n) is 5.55. The van der Waals surface area contributed by atoms with Crippen molar-refractivity contribution < 1.29 is 9.59 Å². The highest BCUT2D eigenvalue weighted by Crippen LogP contribution is 2.19. The van der Waals surface area contributed by atoms with E-state index in [-0.39, 0.29) is 24.4 Å².